The van der Waals surface area contributed by atoms with E-state index in [0.29, 0.717) is 24.4 Å². The molecule has 0 atom stereocenters. The molecular weight excluding hydrogens is 272 g/mol. The van der Waals surface area contributed by atoms with E-state index in [1.54, 1.807) is 7.11 Å². The summed E-state index contributed by atoms with van der Waals surface area (Å²) in [7, 11) is 1.61. The Morgan fingerprint density at radius 3 is 2.75 bits per heavy atom. The maximum Gasteiger partial charge on any atom is 0.270 e. The molecule has 1 heterocycles. The minimum Gasteiger partial charge on any atom is -0.383 e. The van der Waals surface area contributed by atoms with Crippen molar-refractivity contribution in [2.75, 3.05) is 13.7 Å². The van der Waals surface area contributed by atoms with Crippen molar-refractivity contribution in [1.29, 1.82) is 0 Å². The number of hydrogen-bond acceptors (Lipinski definition) is 3. The average Bonchev–Trinajstić information content (AvgIpc) is 2.27. The Bertz CT molecular complexity index is 401. The fourth-order valence-corrected chi connectivity index (χ4v) is 1.73. The summed E-state index contributed by atoms with van der Waals surface area (Å²) in [5, 5.41) is 4.88. The molecule has 1 aromatic heterocycles. The summed E-state index contributed by atoms with van der Waals surface area (Å²) in [5.41, 5.74) is 1.64. The van der Waals surface area contributed by atoms with Gasteiger partial charge in [-0.05, 0) is 12.0 Å². The van der Waals surface area contributed by atoms with Gasteiger partial charge < -0.3 is 4.74 Å². The fourth-order valence-electron chi connectivity index (χ4n) is 1.33. The smallest absolute Gasteiger partial charge is 0.270 e. The van der Waals surface area contributed by atoms with Crippen molar-refractivity contribution in [3.63, 3.8) is 0 Å². The second-order valence-electron chi connectivity index (χ2n) is 3.90. The van der Waals surface area contributed by atoms with Crippen molar-refractivity contribution in [1.82, 2.24) is 9.78 Å². The van der Waals surface area contributed by atoms with Crippen molar-refractivity contribution >= 4 is 15.9 Å². The van der Waals surface area contributed by atoms with Crippen molar-refractivity contribution in [2.45, 2.75) is 31.6 Å². The molecule has 0 aliphatic carbocycles. The van der Waals surface area contributed by atoms with Gasteiger partial charge in [0, 0.05) is 18.0 Å². The van der Waals surface area contributed by atoms with E-state index in [0.717, 1.165) is 11.3 Å². The van der Waals surface area contributed by atoms with Gasteiger partial charge in [-0.2, -0.15) is 5.10 Å². The van der Waals surface area contributed by atoms with Crippen molar-refractivity contribution in [2.24, 2.45) is 0 Å². The largest absolute Gasteiger partial charge is 0.383 e. The fraction of sp³-hybridized carbons (Fsp3) is 0.636. The third kappa shape index (κ3) is 3.15. The Labute approximate surface area is 104 Å². The molecule has 0 saturated heterocycles. The molecular formula is C11H17BrN2O2. The van der Waals surface area contributed by atoms with Crippen molar-refractivity contribution in [3.05, 3.63) is 27.7 Å². The van der Waals surface area contributed by atoms with Crippen LogP contribution < -0.4 is 5.56 Å². The Morgan fingerprint density at radius 1 is 1.56 bits per heavy atom. The number of methoxy groups -OCH3 is 1. The van der Waals surface area contributed by atoms with Crippen LogP contribution in [0.1, 0.15) is 31.0 Å². The second-order valence-corrected chi connectivity index (χ2v) is 4.46. The monoisotopic (exact) mass is 288 g/mol. The lowest BCUT2D eigenvalue weighted by molar-refractivity contribution is 0.181. The van der Waals surface area contributed by atoms with Gasteiger partial charge in [-0.1, -0.05) is 29.8 Å². The zero-order chi connectivity index (χ0) is 12.1. The van der Waals surface area contributed by atoms with Crippen LogP contribution >= 0.6 is 15.9 Å². The quantitative estimate of drug-likeness (QED) is 0.778. The molecule has 0 bridgehead atoms. The van der Waals surface area contributed by atoms with E-state index in [4.69, 9.17) is 4.74 Å². The first-order valence-corrected chi connectivity index (χ1v) is 6.38. The van der Waals surface area contributed by atoms with Crippen LogP contribution in [-0.2, 0) is 16.6 Å². The van der Waals surface area contributed by atoms with Crippen LogP contribution in [0.25, 0.3) is 0 Å². The summed E-state index contributed by atoms with van der Waals surface area (Å²) in [6, 6.07) is 1.87. The van der Waals surface area contributed by atoms with E-state index in [2.05, 4.69) is 34.9 Å². The van der Waals surface area contributed by atoms with Gasteiger partial charge in [-0.3, -0.25) is 4.79 Å². The Balaban J connectivity index is 3.14. The first-order chi connectivity index (χ1) is 7.60. The maximum absolute atomic E-state index is 11.9. The number of hydrogen-bond donors (Lipinski definition) is 0. The first kappa shape index (κ1) is 13.4. The molecule has 0 aliphatic rings. The number of halogens is 1. The molecule has 1 aromatic rings. The molecule has 0 amide bonds. The summed E-state index contributed by atoms with van der Waals surface area (Å²) < 4.78 is 6.44. The van der Waals surface area contributed by atoms with Gasteiger partial charge in [0.1, 0.15) is 0 Å². The van der Waals surface area contributed by atoms with Gasteiger partial charge in [0.15, 0.2) is 0 Å². The summed E-state index contributed by atoms with van der Waals surface area (Å²) in [5.74, 6) is 0.312. The van der Waals surface area contributed by atoms with Crippen LogP contribution in [0.4, 0.5) is 0 Å². The highest BCUT2D eigenvalue weighted by Crippen LogP contribution is 2.11. The summed E-state index contributed by atoms with van der Waals surface area (Å²) in [6.45, 7) is 5.11. The van der Waals surface area contributed by atoms with Crippen molar-refractivity contribution in [3.8, 4) is 0 Å². The lowest BCUT2D eigenvalue weighted by Crippen LogP contribution is -2.28. The molecule has 0 unspecified atom stereocenters. The molecule has 0 radical (unpaired) electrons. The summed E-state index contributed by atoms with van der Waals surface area (Å²) >= 11 is 3.32. The molecule has 4 nitrogen and oxygen atoms in total. The molecule has 0 fully saturated rings. The first-order valence-electron chi connectivity index (χ1n) is 5.26. The van der Waals surface area contributed by atoms with E-state index >= 15 is 0 Å². The van der Waals surface area contributed by atoms with Gasteiger partial charge in [-0.25, -0.2) is 4.68 Å². The van der Waals surface area contributed by atoms with E-state index in [1.807, 2.05) is 6.07 Å². The topological polar surface area (TPSA) is 44.1 Å². The van der Waals surface area contributed by atoms with Gasteiger partial charge in [0.25, 0.3) is 5.56 Å². The van der Waals surface area contributed by atoms with E-state index < -0.39 is 0 Å². The minimum atomic E-state index is -0.0432. The average molecular weight is 289 g/mol. The third-order valence-electron chi connectivity index (χ3n) is 2.31. The molecule has 0 saturated carbocycles. The molecule has 0 aliphatic heterocycles. The highest BCUT2D eigenvalue weighted by Gasteiger charge is 2.09. The van der Waals surface area contributed by atoms with Crippen LogP contribution in [0.2, 0.25) is 0 Å². The number of aromatic nitrogens is 2. The van der Waals surface area contributed by atoms with E-state index in [9.17, 15) is 4.79 Å². The maximum atomic E-state index is 11.9. The second kappa shape index (κ2) is 6.15. The molecule has 90 valence electrons. The molecule has 5 heteroatoms. The predicted octanol–water partition coefficient (Wildman–Crippen LogP) is 1.91. The van der Waals surface area contributed by atoms with Crippen LogP contribution in [-0.4, -0.2) is 23.5 Å². The van der Waals surface area contributed by atoms with E-state index in [-0.39, 0.29) is 5.56 Å². The zero-order valence-corrected chi connectivity index (χ0v) is 11.5. The molecule has 0 aromatic carbocycles. The molecule has 0 N–H and O–H groups in total. The van der Waals surface area contributed by atoms with Crippen LogP contribution in [0.15, 0.2) is 10.9 Å². The van der Waals surface area contributed by atoms with Gasteiger partial charge >= 0.3 is 0 Å². The number of alkyl halides is 1. The standard InChI is InChI=1S/C11H17BrN2O2/c1-8(2)10-6-9(7-12)11(15)14(13-10)4-5-16-3/h6,8H,4-5,7H2,1-3H3. The molecule has 1 rings (SSSR count). The Kier molecular flexibility index (Phi) is 5.15. The number of rotatable bonds is 5. The Morgan fingerprint density at radius 2 is 2.25 bits per heavy atom. The van der Waals surface area contributed by atoms with Gasteiger partial charge in [0.2, 0.25) is 0 Å². The van der Waals surface area contributed by atoms with Crippen LogP contribution in [0, 0.1) is 0 Å². The summed E-state index contributed by atoms with van der Waals surface area (Å²) in [4.78, 5) is 11.9. The van der Waals surface area contributed by atoms with Crippen molar-refractivity contribution < 1.29 is 4.74 Å². The lowest BCUT2D eigenvalue weighted by atomic mass is 10.1. The number of ether oxygens (including phenoxy) is 1. The van der Waals surface area contributed by atoms with Crippen LogP contribution in [0.5, 0.6) is 0 Å². The predicted molar refractivity (Wildman–Crippen MR) is 67.1 cm³/mol. The number of nitrogens with zero attached hydrogens (tertiary/aromatic N) is 2. The van der Waals surface area contributed by atoms with Gasteiger partial charge in [0.05, 0.1) is 18.8 Å². The zero-order valence-electron chi connectivity index (χ0n) is 9.86. The highest BCUT2D eigenvalue weighted by atomic mass is 79.9. The highest BCUT2D eigenvalue weighted by molar-refractivity contribution is 9.08. The lowest BCUT2D eigenvalue weighted by Gasteiger charge is -2.11. The SMILES string of the molecule is COCCn1nc(C(C)C)cc(CBr)c1=O. The summed E-state index contributed by atoms with van der Waals surface area (Å²) in [6.07, 6.45) is 0. The molecule has 0 spiro atoms. The Hall–Kier alpha value is -0.680. The van der Waals surface area contributed by atoms with Crippen LogP contribution in [0.3, 0.4) is 0 Å². The minimum absolute atomic E-state index is 0.0432. The normalized spacial score (nSPS) is 11.1. The van der Waals surface area contributed by atoms with E-state index in [1.165, 1.54) is 4.68 Å². The van der Waals surface area contributed by atoms with Gasteiger partial charge in [-0.15, -0.1) is 0 Å². The molecule has 16 heavy (non-hydrogen) atoms. The third-order valence-corrected chi connectivity index (χ3v) is 2.91.